The van der Waals surface area contributed by atoms with Crippen LogP contribution in [0.2, 0.25) is 0 Å². The smallest absolute Gasteiger partial charge is 0.249 e. The summed E-state index contributed by atoms with van der Waals surface area (Å²) in [7, 11) is 0. The Morgan fingerprint density at radius 1 is 1.12 bits per heavy atom. The second-order valence-electron chi connectivity index (χ2n) is 8.31. The Kier molecular flexibility index (Phi) is 6.42. The van der Waals surface area contributed by atoms with Gasteiger partial charge in [0.15, 0.2) is 5.17 Å². The average Bonchev–Trinajstić information content (AvgIpc) is 3.14. The highest BCUT2D eigenvalue weighted by Crippen LogP contribution is 2.53. The van der Waals surface area contributed by atoms with Crippen LogP contribution in [-0.2, 0) is 9.67 Å². The maximum Gasteiger partial charge on any atom is 0.249 e. The Morgan fingerprint density at radius 2 is 1.88 bits per heavy atom. The number of nitrogens with zero attached hydrogens (tertiary/aromatic N) is 3. The van der Waals surface area contributed by atoms with Crippen LogP contribution in [0, 0.1) is 11.6 Å². The molecule has 9 heteroatoms. The molecule has 2 aromatic rings. The third-order valence-electron chi connectivity index (χ3n) is 5.25. The summed E-state index contributed by atoms with van der Waals surface area (Å²) in [5.74, 6) is -1.33. The first-order chi connectivity index (χ1) is 15.2. The molecular formula is C23H24F2N4OS2. The molecule has 5 nitrogen and oxygen atoms in total. The fourth-order valence-corrected chi connectivity index (χ4v) is 6.39. The lowest BCUT2D eigenvalue weighted by molar-refractivity contribution is -0.118. The van der Waals surface area contributed by atoms with Gasteiger partial charge in [-0.1, -0.05) is 53.9 Å². The minimum absolute atomic E-state index is 0.0811. The van der Waals surface area contributed by atoms with E-state index in [1.54, 1.807) is 5.01 Å². The zero-order valence-corrected chi connectivity index (χ0v) is 19.5. The van der Waals surface area contributed by atoms with Crippen molar-refractivity contribution in [2.45, 2.75) is 42.7 Å². The number of amides is 1. The van der Waals surface area contributed by atoms with Crippen molar-refractivity contribution in [2.24, 2.45) is 15.8 Å². The molecule has 32 heavy (non-hydrogen) atoms. The van der Waals surface area contributed by atoms with Crippen molar-refractivity contribution in [2.75, 3.05) is 6.54 Å². The van der Waals surface area contributed by atoms with Crippen molar-refractivity contribution in [1.29, 1.82) is 0 Å². The molecule has 2 heterocycles. The van der Waals surface area contributed by atoms with Gasteiger partial charge in [0, 0.05) is 16.7 Å². The second-order valence-corrected chi connectivity index (χ2v) is 11.3. The molecule has 0 aromatic heterocycles. The molecule has 0 bridgehead atoms. The molecule has 2 aromatic carbocycles. The number of hydrogen-bond acceptors (Lipinski definition) is 6. The van der Waals surface area contributed by atoms with Crippen LogP contribution >= 0.6 is 23.5 Å². The number of hydrazone groups is 1. The minimum Gasteiger partial charge on any atom is -0.330 e. The zero-order chi connectivity index (χ0) is 22.9. The molecule has 1 unspecified atom stereocenters. The number of halogens is 2. The Bertz CT molecular complexity index is 1090. The summed E-state index contributed by atoms with van der Waals surface area (Å²) in [5.41, 5.74) is 6.86. The van der Waals surface area contributed by atoms with Crippen molar-refractivity contribution >= 4 is 39.6 Å². The molecule has 0 fully saturated rings. The largest absolute Gasteiger partial charge is 0.330 e. The van der Waals surface area contributed by atoms with Gasteiger partial charge in [-0.25, -0.2) is 13.8 Å². The van der Waals surface area contributed by atoms with Crippen LogP contribution in [0.3, 0.4) is 0 Å². The lowest BCUT2D eigenvalue weighted by Gasteiger charge is -2.40. The van der Waals surface area contributed by atoms with Gasteiger partial charge in [0.25, 0.3) is 0 Å². The number of thioether (sulfide) groups is 2. The fraction of sp³-hybridized carbons (Fsp3) is 0.348. The molecule has 2 N–H and O–H groups in total. The fourth-order valence-electron chi connectivity index (χ4n) is 3.79. The van der Waals surface area contributed by atoms with E-state index in [4.69, 9.17) is 10.8 Å². The van der Waals surface area contributed by atoms with E-state index in [1.807, 2.05) is 44.2 Å². The molecule has 1 atom stereocenters. The van der Waals surface area contributed by atoms with Crippen LogP contribution in [0.5, 0.6) is 0 Å². The number of carbonyl (C=O) groups excluding carboxylic acids is 1. The van der Waals surface area contributed by atoms with E-state index >= 15 is 0 Å². The number of hydrogen-bond donors (Lipinski definition) is 1. The van der Waals surface area contributed by atoms with Gasteiger partial charge in [0.1, 0.15) is 21.5 Å². The normalized spacial score (nSPS) is 22.7. The van der Waals surface area contributed by atoms with Crippen LogP contribution in [0.15, 0.2) is 58.6 Å². The second kappa shape index (κ2) is 8.96. The number of benzene rings is 2. The Labute approximate surface area is 194 Å². The summed E-state index contributed by atoms with van der Waals surface area (Å²) < 4.78 is 28.3. The van der Waals surface area contributed by atoms with Crippen molar-refractivity contribution in [1.82, 2.24) is 5.01 Å². The highest BCUT2D eigenvalue weighted by atomic mass is 32.2. The quantitative estimate of drug-likeness (QED) is 0.656. The van der Waals surface area contributed by atoms with Gasteiger partial charge in [0.05, 0.1) is 0 Å². The van der Waals surface area contributed by atoms with Crippen molar-refractivity contribution in [3.63, 3.8) is 0 Å². The first kappa shape index (κ1) is 22.9. The summed E-state index contributed by atoms with van der Waals surface area (Å²) >= 11 is 2.80. The van der Waals surface area contributed by atoms with Crippen LogP contribution in [0.4, 0.5) is 8.78 Å². The Morgan fingerprint density at radius 3 is 2.56 bits per heavy atom. The maximum absolute atomic E-state index is 14.7. The van der Waals surface area contributed by atoms with Gasteiger partial charge in [-0.05, 0) is 57.0 Å². The number of rotatable bonds is 5. The molecule has 4 rings (SSSR count). The number of carbonyl (C=O) groups is 1. The predicted molar refractivity (Wildman–Crippen MR) is 127 cm³/mol. The van der Waals surface area contributed by atoms with Crippen molar-refractivity contribution < 1.29 is 13.6 Å². The topological polar surface area (TPSA) is 71.0 Å². The van der Waals surface area contributed by atoms with Gasteiger partial charge < -0.3 is 5.73 Å². The maximum atomic E-state index is 14.7. The monoisotopic (exact) mass is 474 g/mol. The van der Waals surface area contributed by atoms with Gasteiger partial charge in [-0.15, -0.1) is 0 Å². The van der Waals surface area contributed by atoms with Crippen molar-refractivity contribution in [3.8, 4) is 0 Å². The molecule has 0 saturated heterocycles. The number of aliphatic imine (C=N–C) groups is 1. The lowest BCUT2D eigenvalue weighted by Crippen LogP contribution is -2.44. The molecular weight excluding hydrogens is 450 g/mol. The molecule has 0 aliphatic carbocycles. The lowest BCUT2D eigenvalue weighted by atomic mass is 10.0. The highest BCUT2D eigenvalue weighted by Gasteiger charge is 2.49. The summed E-state index contributed by atoms with van der Waals surface area (Å²) in [6.07, 6.45) is 1.57. The molecule has 0 saturated carbocycles. The van der Waals surface area contributed by atoms with E-state index in [2.05, 4.69) is 4.99 Å². The molecule has 2 aliphatic rings. The molecule has 1 amide bonds. The van der Waals surface area contributed by atoms with Crippen LogP contribution in [-0.4, -0.2) is 32.4 Å². The van der Waals surface area contributed by atoms with Gasteiger partial charge in [-0.2, -0.15) is 10.1 Å². The average molecular weight is 475 g/mol. The molecule has 2 aliphatic heterocycles. The van der Waals surface area contributed by atoms with E-state index in [9.17, 15) is 13.6 Å². The molecule has 168 valence electrons. The Hall–Kier alpha value is -2.23. The predicted octanol–water partition coefficient (Wildman–Crippen LogP) is 5.07. The van der Waals surface area contributed by atoms with E-state index in [-0.39, 0.29) is 16.2 Å². The van der Waals surface area contributed by atoms with E-state index in [0.29, 0.717) is 36.0 Å². The van der Waals surface area contributed by atoms with E-state index in [0.717, 1.165) is 23.8 Å². The highest BCUT2D eigenvalue weighted by molar-refractivity contribution is 8.16. The summed E-state index contributed by atoms with van der Waals surface area (Å²) in [4.78, 5) is 16.0. The standard InChI is InChI=1S/C23H24F2N4OS2/c1-22(2)14-19(30)27-21(32-22)29-23(11-6-12-26,15-7-4-3-5-8-15)31-20(28-29)17-13-16(24)9-10-18(17)25/h3-5,7-10,13H,6,11-12,14,26H2,1-2H3. The summed E-state index contributed by atoms with van der Waals surface area (Å²) in [5, 5.41) is 7.23. The third kappa shape index (κ3) is 4.46. The zero-order valence-electron chi connectivity index (χ0n) is 17.8. The molecule has 0 spiro atoms. The van der Waals surface area contributed by atoms with Crippen LogP contribution in [0.1, 0.15) is 44.2 Å². The number of nitrogens with two attached hydrogens (primary N) is 1. The van der Waals surface area contributed by atoms with E-state index < -0.39 is 16.5 Å². The van der Waals surface area contributed by atoms with Gasteiger partial charge in [0.2, 0.25) is 5.91 Å². The molecule has 0 radical (unpaired) electrons. The van der Waals surface area contributed by atoms with E-state index in [1.165, 1.54) is 23.5 Å². The SMILES string of the molecule is CC1(C)CC(=O)N=C(N2N=C(c3cc(F)ccc3F)SC2(CCCN)c2ccccc2)S1. The third-order valence-corrected chi connectivity index (χ3v) is 7.84. The van der Waals surface area contributed by atoms with Crippen LogP contribution in [0.25, 0.3) is 0 Å². The van der Waals surface area contributed by atoms with Crippen molar-refractivity contribution in [3.05, 3.63) is 71.3 Å². The first-order valence-electron chi connectivity index (χ1n) is 10.3. The summed E-state index contributed by atoms with van der Waals surface area (Å²) in [6.45, 7) is 4.42. The number of amidine groups is 1. The summed E-state index contributed by atoms with van der Waals surface area (Å²) in [6, 6.07) is 13.0. The van der Waals surface area contributed by atoms with Gasteiger partial charge >= 0.3 is 0 Å². The Balaban J connectivity index is 1.89. The van der Waals surface area contributed by atoms with Gasteiger partial charge in [-0.3, -0.25) is 4.79 Å². The van der Waals surface area contributed by atoms with Crippen LogP contribution < -0.4 is 5.73 Å². The minimum atomic E-state index is -0.797. The first-order valence-corrected chi connectivity index (χ1v) is 12.0.